The van der Waals surface area contributed by atoms with Crippen molar-refractivity contribution in [3.63, 3.8) is 0 Å². The van der Waals surface area contributed by atoms with Crippen LogP contribution in [0.1, 0.15) is 32.1 Å². The van der Waals surface area contributed by atoms with Crippen LogP contribution in [0.2, 0.25) is 0 Å². The number of nitrogens with two attached hydrogens (primary N) is 1. The van der Waals surface area contributed by atoms with Gasteiger partial charge in [-0.25, -0.2) is 15.0 Å². The Bertz CT molecular complexity index is 798. The van der Waals surface area contributed by atoms with E-state index in [0.717, 1.165) is 56.6 Å². The van der Waals surface area contributed by atoms with Crippen LogP contribution in [0.15, 0.2) is 42.4 Å². The molecule has 2 aliphatic rings. The highest BCUT2D eigenvalue weighted by Crippen LogP contribution is 2.28. The van der Waals surface area contributed by atoms with Crippen molar-refractivity contribution in [1.82, 2.24) is 15.0 Å². The van der Waals surface area contributed by atoms with E-state index >= 15 is 0 Å². The molecule has 148 valence electrons. The quantitative estimate of drug-likeness (QED) is 0.746. The lowest BCUT2D eigenvalue weighted by Gasteiger charge is -2.36. The summed E-state index contributed by atoms with van der Waals surface area (Å²) in [5, 5.41) is 3.41. The zero-order valence-corrected chi connectivity index (χ0v) is 16.3. The van der Waals surface area contributed by atoms with Crippen molar-refractivity contribution in [1.29, 1.82) is 0 Å². The third-order valence-corrected chi connectivity index (χ3v) is 5.54. The van der Waals surface area contributed by atoms with Gasteiger partial charge in [-0.05, 0) is 44.2 Å². The summed E-state index contributed by atoms with van der Waals surface area (Å²) in [5.41, 5.74) is 8.61. The first-order valence-corrected chi connectivity index (χ1v) is 10.2. The average molecular weight is 380 g/mol. The molecule has 1 aliphatic heterocycles. The Kier molecular flexibility index (Phi) is 5.89. The fourth-order valence-electron chi connectivity index (χ4n) is 3.94. The zero-order valence-electron chi connectivity index (χ0n) is 16.3. The van der Waals surface area contributed by atoms with E-state index in [-0.39, 0.29) is 0 Å². The number of anilines is 4. The molecule has 2 aromatic rings. The third-order valence-electron chi connectivity index (χ3n) is 5.54. The number of pyridine rings is 1. The second-order valence-corrected chi connectivity index (χ2v) is 7.41. The lowest BCUT2D eigenvalue weighted by molar-refractivity contribution is 0.642. The van der Waals surface area contributed by atoms with E-state index in [1.165, 1.54) is 25.7 Å². The van der Waals surface area contributed by atoms with Gasteiger partial charge in [0, 0.05) is 38.9 Å². The van der Waals surface area contributed by atoms with E-state index in [1.54, 1.807) is 11.9 Å². The minimum Gasteiger partial charge on any atom is -0.393 e. The van der Waals surface area contributed by atoms with E-state index < -0.39 is 0 Å². The van der Waals surface area contributed by atoms with Gasteiger partial charge in [0.05, 0.1) is 0 Å². The highest BCUT2D eigenvalue weighted by atomic mass is 15.3. The third kappa shape index (κ3) is 4.35. The van der Waals surface area contributed by atoms with E-state index in [4.69, 9.17) is 5.73 Å². The first kappa shape index (κ1) is 18.5. The minimum atomic E-state index is 0.645. The summed E-state index contributed by atoms with van der Waals surface area (Å²) in [7, 11) is 0. The smallest absolute Gasteiger partial charge is 0.157 e. The summed E-state index contributed by atoms with van der Waals surface area (Å²) in [6.45, 7) is 4.39. The largest absolute Gasteiger partial charge is 0.393 e. The van der Waals surface area contributed by atoms with Gasteiger partial charge in [0.1, 0.15) is 17.8 Å². The lowest BCUT2D eigenvalue weighted by atomic mass is 9.97. The molecule has 3 N–H and O–H groups in total. The SMILES string of the molecule is Nc1c(NCCC2=CCCCC2)ncnc1N1CCN(c2ccccn2)CC1. The molecule has 0 unspecified atom stereocenters. The highest BCUT2D eigenvalue weighted by Gasteiger charge is 2.21. The minimum absolute atomic E-state index is 0.645. The van der Waals surface area contributed by atoms with Crippen LogP contribution in [0, 0.1) is 0 Å². The van der Waals surface area contributed by atoms with Gasteiger partial charge in [-0.2, -0.15) is 0 Å². The molecule has 2 aromatic heterocycles. The maximum Gasteiger partial charge on any atom is 0.157 e. The lowest BCUT2D eigenvalue weighted by Crippen LogP contribution is -2.47. The predicted molar refractivity (Wildman–Crippen MR) is 115 cm³/mol. The standard InChI is InChI=1S/C21H29N7/c22-19-20(24-11-9-17-6-2-1-3-7-17)25-16-26-21(19)28-14-12-27(13-15-28)18-8-4-5-10-23-18/h4-6,8,10,16H,1-3,7,9,11-15,22H2,(H,24,25,26). The molecule has 1 fully saturated rings. The topological polar surface area (TPSA) is 83.2 Å². The Labute approximate surface area is 166 Å². The number of hydrogen-bond donors (Lipinski definition) is 2. The fourth-order valence-corrected chi connectivity index (χ4v) is 3.94. The second-order valence-electron chi connectivity index (χ2n) is 7.41. The summed E-state index contributed by atoms with van der Waals surface area (Å²) >= 11 is 0. The number of rotatable bonds is 6. The molecule has 7 nitrogen and oxygen atoms in total. The van der Waals surface area contributed by atoms with E-state index in [9.17, 15) is 0 Å². The Morgan fingerprint density at radius 2 is 1.86 bits per heavy atom. The van der Waals surface area contributed by atoms with Gasteiger partial charge in [-0.3, -0.25) is 0 Å². The molecule has 7 heteroatoms. The number of nitrogen functional groups attached to an aromatic ring is 1. The summed E-state index contributed by atoms with van der Waals surface area (Å²) in [6.07, 6.45) is 12.0. The van der Waals surface area contributed by atoms with Gasteiger partial charge < -0.3 is 20.9 Å². The molecule has 0 aromatic carbocycles. The molecule has 0 radical (unpaired) electrons. The summed E-state index contributed by atoms with van der Waals surface area (Å²) in [4.78, 5) is 17.8. The average Bonchev–Trinajstić information content (AvgIpc) is 2.76. The van der Waals surface area contributed by atoms with Gasteiger partial charge in [-0.1, -0.05) is 17.7 Å². The normalized spacial score (nSPS) is 17.4. The van der Waals surface area contributed by atoms with Crippen molar-refractivity contribution in [2.45, 2.75) is 32.1 Å². The predicted octanol–water partition coefficient (Wildman–Crippen LogP) is 3.08. The Balaban J connectivity index is 1.35. The highest BCUT2D eigenvalue weighted by molar-refractivity contribution is 5.75. The first-order valence-electron chi connectivity index (χ1n) is 10.2. The maximum absolute atomic E-state index is 6.41. The molecule has 4 rings (SSSR count). The van der Waals surface area contributed by atoms with Crippen molar-refractivity contribution in [2.24, 2.45) is 0 Å². The summed E-state index contributed by atoms with van der Waals surface area (Å²) in [6, 6.07) is 6.03. The van der Waals surface area contributed by atoms with E-state index in [2.05, 4.69) is 42.2 Å². The molecule has 0 saturated carbocycles. The number of hydrogen-bond acceptors (Lipinski definition) is 7. The van der Waals surface area contributed by atoms with Crippen LogP contribution in [0.3, 0.4) is 0 Å². The van der Waals surface area contributed by atoms with Crippen molar-refractivity contribution in [3.05, 3.63) is 42.4 Å². The van der Waals surface area contributed by atoms with Gasteiger partial charge in [0.2, 0.25) is 0 Å². The molecule has 1 aliphatic carbocycles. The Hall–Kier alpha value is -2.83. The van der Waals surface area contributed by atoms with Crippen LogP contribution in [-0.2, 0) is 0 Å². The molecule has 3 heterocycles. The molecule has 0 atom stereocenters. The van der Waals surface area contributed by atoms with Crippen LogP contribution < -0.4 is 20.9 Å². The van der Waals surface area contributed by atoms with Gasteiger partial charge in [0.25, 0.3) is 0 Å². The molecule has 0 bridgehead atoms. The van der Waals surface area contributed by atoms with Gasteiger partial charge >= 0.3 is 0 Å². The number of nitrogens with zero attached hydrogens (tertiary/aromatic N) is 5. The monoisotopic (exact) mass is 379 g/mol. The van der Waals surface area contributed by atoms with Crippen molar-refractivity contribution in [2.75, 3.05) is 53.6 Å². The summed E-state index contributed by atoms with van der Waals surface area (Å²) in [5.74, 6) is 2.60. The van der Waals surface area contributed by atoms with E-state index in [0.29, 0.717) is 5.69 Å². The maximum atomic E-state index is 6.41. The van der Waals surface area contributed by atoms with Crippen LogP contribution in [0.4, 0.5) is 23.1 Å². The number of aromatic nitrogens is 3. The van der Waals surface area contributed by atoms with Crippen LogP contribution in [0.25, 0.3) is 0 Å². The Morgan fingerprint density at radius 3 is 2.61 bits per heavy atom. The van der Waals surface area contributed by atoms with E-state index in [1.807, 2.05) is 18.3 Å². The number of piperazine rings is 1. The molecule has 0 spiro atoms. The molecular formula is C21H29N7. The first-order chi connectivity index (χ1) is 13.8. The van der Waals surface area contributed by atoms with Crippen LogP contribution in [-0.4, -0.2) is 47.7 Å². The molecular weight excluding hydrogens is 350 g/mol. The summed E-state index contributed by atoms with van der Waals surface area (Å²) < 4.78 is 0. The van der Waals surface area contributed by atoms with Crippen LogP contribution in [0.5, 0.6) is 0 Å². The van der Waals surface area contributed by atoms with Crippen molar-refractivity contribution >= 4 is 23.1 Å². The van der Waals surface area contributed by atoms with Crippen molar-refractivity contribution in [3.8, 4) is 0 Å². The second kappa shape index (κ2) is 8.91. The van der Waals surface area contributed by atoms with Gasteiger partial charge in [-0.15, -0.1) is 0 Å². The number of allylic oxidation sites excluding steroid dienone is 1. The zero-order chi connectivity index (χ0) is 19.2. The molecule has 28 heavy (non-hydrogen) atoms. The van der Waals surface area contributed by atoms with Crippen LogP contribution >= 0.6 is 0 Å². The van der Waals surface area contributed by atoms with Gasteiger partial charge in [0.15, 0.2) is 11.6 Å². The molecule has 0 amide bonds. The fraction of sp³-hybridized carbons (Fsp3) is 0.476. The van der Waals surface area contributed by atoms with Crippen molar-refractivity contribution < 1.29 is 0 Å². The number of nitrogens with one attached hydrogen (secondary N) is 1. The molecule has 1 saturated heterocycles. The Morgan fingerprint density at radius 1 is 1.00 bits per heavy atom.